The SMILES string of the molecule is [Cl-].[Cl-].[Hf+2]=[N]c1ccccc1.[c-]1cccc2c1Cc1ccccc1-2.c1cc[cH-]c1. The van der Waals surface area contributed by atoms with Gasteiger partial charge in [-0.3, -0.25) is 0 Å². The fourth-order valence-corrected chi connectivity index (χ4v) is 3.36. The minimum Gasteiger partial charge on any atom is -0.214 e. The van der Waals surface area contributed by atoms with E-state index in [1.54, 1.807) is 0 Å². The standard InChI is InChI=1S/C13H9.C6H5N.C5H5.2ClH.Hf/c1-3-7-12-10(5-1)9-11-6-2-4-8-13(11)12;7-6-4-2-1-3-5-6;1-2-4-5-3-1;;;/h1-5,7-8H,9H2;1-5H;1-5H;2*1H;/q-1;;-1;;;+2/p-2. The second-order valence-corrected chi connectivity index (χ2v) is 6.61. The molecule has 0 bridgehead atoms. The number of benzene rings is 3. The van der Waals surface area contributed by atoms with Gasteiger partial charge in [-0.15, -0.1) is 5.56 Å². The zero-order chi connectivity index (χ0) is 18.0. The van der Waals surface area contributed by atoms with Gasteiger partial charge in [-0.2, -0.15) is 48.0 Å². The van der Waals surface area contributed by atoms with Crippen LogP contribution in [0.25, 0.3) is 11.1 Å². The smallest absolute Gasteiger partial charge is 0.0253 e. The first kappa shape index (κ1) is 24.3. The molecule has 0 atom stereocenters. The van der Waals surface area contributed by atoms with Crippen LogP contribution in [0.5, 0.6) is 0 Å². The molecule has 0 amide bonds. The third-order valence-electron chi connectivity index (χ3n) is 4.06. The van der Waals surface area contributed by atoms with E-state index in [0.29, 0.717) is 0 Å². The normalized spacial score (nSPS) is 9.64. The zero-order valence-corrected chi connectivity index (χ0v) is 20.3. The Balaban J connectivity index is 0.000000226. The van der Waals surface area contributed by atoms with E-state index in [9.17, 15) is 0 Å². The van der Waals surface area contributed by atoms with Crippen LogP contribution in [-0.4, -0.2) is 0 Å². The van der Waals surface area contributed by atoms with Crippen molar-refractivity contribution in [1.29, 1.82) is 0 Å². The van der Waals surface area contributed by atoms with Gasteiger partial charge in [-0.1, -0.05) is 35.4 Å². The summed E-state index contributed by atoms with van der Waals surface area (Å²) in [6, 6.07) is 38.1. The maximum Gasteiger partial charge on any atom is -0.0253 e. The summed E-state index contributed by atoms with van der Waals surface area (Å²) >= 11 is 0.902. The predicted molar refractivity (Wildman–Crippen MR) is 104 cm³/mol. The number of hydrogen-bond donors (Lipinski definition) is 0. The van der Waals surface area contributed by atoms with Gasteiger partial charge < -0.3 is 24.8 Å². The van der Waals surface area contributed by atoms with Crippen molar-refractivity contribution in [3.8, 4) is 11.1 Å². The van der Waals surface area contributed by atoms with Crippen molar-refractivity contribution in [3.63, 3.8) is 0 Å². The summed E-state index contributed by atoms with van der Waals surface area (Å²) in [5.41, 5.74) is 6.61. The molecule has 0 saturated carbocycles. The summed E-state index contributed by atoms with van der Waals surface area (Å²) in [6.45, 7) is 0. The molecular formula is C24H19Cl2HfN-2. The third kappa shape index (κ3) is 7.01. The molecule has 0 unspecified atom stereocenters. The van der Waals surface area contributed by atoms with Crippen molar-refractivity contribution in [2.24, 2.45) is 2.92 Å². The molecule has 4 heteroatoms. The summed E-state index contributed by atoms with van der Waals surface area (Å²) in [4.78, 5) is 0. The quantitative estimate of drug-likeness (QED) is 0.206. The average molecular weight is 571 g/mol. The molecule has 0 N–H and O–H groups in total. The van der Waals surface area contributed by atoms with Crippen LogP contribution in [0.3, 0.4) is 0 Å². The van der Waals surface area contributed by atoms with Gasteiger partial charge in [0, 0.05) is 0 Å². The maximum atomic E-state index is 4.11. The second-order valence-electron chi connectivity index (χ2n) is 5.81. The summed E-state index contributed by atoms with van der Waals surface area (Å²) in [5.74, 6) is 0. The number of halogens is 2. The van der Waals surface area contributed by atoms with E-state index in [0.717, 1.165) is 36.3 Å². The van der Waals surface area contributed by atoms with E-state index in [1.165, 1.54) is 22.3 Å². The molecule has 5 rings (SSSR count). The van der Waals surface area contributed by atoms with E-state index in [-0.39, 0.29) is 24.8 Å². The van der Waals surface area contributed by atoms with E-state index >= 15 is 0 Å². The van der Waals surface area contributed by atoms with E-state index in [4.69, 9.17) is 0 Å². The molecule has 0 aliphatic heterocycles. The molecule has 28 heavy (non-hydrogen) atoms. The van der Waals surface area contributed by atoms with Gasteiger partial charge in [0.15, 0.2) is 0 Å². The average Bonchev–Trinajstić information content (AvgIpc) is 3.40. The van der Waals surface area contributed by atoms with Crippen LogP contribution in [0.4, 0.5) is 5.69 Å². The van der Waals surface area contributed by atoms with Gasteiger partial charge in [0.2, 0.25) is 0 Å². The van der Waals surface area contributed by atoms with Crippen molar-refractivity contribution in [2.45, 2.75) is 6.42 Å². The van der Waals surface area contributed by atoms with Crippen LogP contribution in [0.1, 0.15) is 11.1 Å². The molecule has 4 aromatic rings. The predicted octanol–water partition coefficient (Wildman–Crippen LogP) is 0.520. The minimum absolute atomic E-state index is 0. The molecule has 0 fully saturated rings. The van der Waals surface area contributed by atoms with Crippen LogP contribution in [0, 0.1) is 6.07 Å². The first-order valence-electron chi connectivity index (χ1n) is 8.55. The van der Waals surface area contributed by atoms with E-state index in [2.05, 4.69) is 45.4 Å². The van der Waals surface area contributed by atoms with Crippen molar-refractivity contribution in [2.75, 3.05) is 0 Å². The third-order valence-corrected chi connectivity index (χ3v) is 4.99. The van der Waals surface area contributed by atoms with Crippen molar-refractivity contribution in [1.82, 2.24) is 0 Å². The van der Waals surface area contributed by atoms with Gasteiger partial charge in [0.25, 0.3) is 0 Å². The van der Waals surface area contributed by atoms with Crippen LogP contribution in [-0.2, 0) is 30.6 Å². The molecule has 1 aliphatic rings. The number of nitrogens with zero attached hydrogens (tertiary/aromatic N) is 1. The van der Waals surface area contributed by atoms with Crippen LogP contribution < -0.4 is 24.8 Å². The van der Waals surface area contributed by atoms with Crippen LogP contribution in [0.15, 0.2) is 106 Å². The monoisotopic (exact) mass is 571 g/mol. The molecule has 140 valence electrons. The Kier molecular flexibility index (Phi) is 11.7. The molecular weight excluding hydrogens is 552 g/mol. The largest absolute Gasteiger partial charge is 0.214 e. The van der Waals surface area contributed by atoms with E-state index in [1.807, 2.05) is 66.7 Å². The number of fused-ring (bicyclic) bond motifs is 3. The number of rotatable bonds is 1. The minimum atomic E-state index is 0. The Hall–Kier alpha value is -1.74. The molecule has 0 radical (unpaired) electrons. The Morgan fingerprint density at radius 3 is 2.00 bits per heavy atom. The second kappa shape index (κ2) is 13.4. The first-order chi connectivity index (χ1) is 12.9. The van der Waals surface area contributed by atoms with Crippen LogP contribution in [0.2, 0.25) is 0 Å². The molecule has 1 aliphatic carbocycles. The fourth-order valence-electron chi connectivity index (χ4n) is 2.82. The molecule has 1 nitrogen and oxygen atoms in total. The summed E-state index contributed by atoms with van der Waals surface area (Å²) in [6.07, 6.45) is 1.05. The molecule has 0 aromatic heterocycles. The zero-order valence-electron chi connectivity index (χ0n) is 15.2. The van der Waals surface area contributed by atoms with Gasteiger partial charge in [-0.25, -0.2) is 12.1 Å². The Morgan fingerprint density at radius 2 is 1.39 bits per heavy atom. The molecule has 0 saturated heterocycles. The van der Waals surface area contributed by atoms with Crippen molar-refractivity contribution < 1.29 is 49.0 Å². The summed E-state index contributed by atoms with van der Waals surface area (Å²) < 4.78 is 4.11. The number of hydrogen-bond acceptors (Lipinski definition) is 1. The Bertz CT molecular complexity index is 877. The Morgan fingerprint density at radius 1 is 0.750 bits per heavy atom. The maximum absolute atomic E-state index is 4.11. The van der Waals surface area contributed by atoms with Gasteiger partial charge in [0.1, 0.15) is 0 Å². The van der Waals surface area contributed by atoms with E-state index < -0.39 is 0 Å². The van der Waals surface area contributed by atoms with Crippen LogP contribution >= 0.6 is 0 Å². The summed E-state index contributed by atoms with van der Waals surface area (Å²) in [7, 11) is 0. The Labute approximate surface area is 194 Å². The fraction of sp³-hybridized carbons (Fsp3) is 0.0417. The topological polar surface area (TPSA) is 12.4 Å². The molecule has 0 spiro atoms. The van der Waals surface area contributed by atoms with Gasteiger partial charge in [0.05, 0.1) is 0 Å². The molecule has 4 aromatic carbocycles. The molecule has 0 heterocycles. The van der Waals surface area contributed by atoms with Crippen molar-refractivity contribution in [3.05, 3.63) is 120 Å². The summed E-state index contributed by atoms with van der Waals surface area (Å²) in [5, 5.41) is 0. The first-order valence-corrected chi connectivity index (χ1v) is 10.2. The van der Waals surface area contributed by atoms with Crippen molar-refractivity contribution >= 4 is 5.69 Å². The van der Waals surface area contributed by atoms with Gasteiger partial charge in [-0.05, 0) is 6.42 Å². The van der Waals surface area contributed by atoms with Gasteiger partial charge >= 0.3 is 63.1 Å².